The van der Waals surface area contributed by atoms with Crippen LogP contribution >= 0.6 is 11.6 Å². The summed E-state index contributed by atoms with van der Waals surface area (Å²) in [6.07, 6.45) is -1.36. The first kappa shape index (κ1) is 14.7. The molecule has 4 atom stereocenters. The van der Waals surface area contributed by atoms with Crippen LogP contribution in [-0.2, 0) is 14.2 Å². The van der Waals surface area contributed by atoms with Crippen LogP contribution in [0.15, 0.2) is 15.8 Å². The molecule has 0 amide bonds. The van der Waals surface area contributed by atoms with E-state index in [2.05, 4.69) is 4.98 Å². The highest BCUT2D eigenvalue weighted by molar-refractivity contribution is 6.30. The average molecular weight is 319 g/mol. The van der Waals surface area contributed by atoms with Gasteiger partial charge in [0.1, 0.15) is 23.3 Å². The summed E-state index contributed by atoms with van der Waals surface area (Å²) in [5, 5.41) is 9.25. The molecule has 0 radical (unpaired) electrons. The molecular weight excluding hydrogens is 304 g/mol. The van der Waals surface area contributed by atoms with Crippen molar-refractivity contribution in [2.75, 3.05) is 6.61 Å². The second-order valence-electron chi connectivity index (χ2n) is 5.46. The van der Waals surface area contributed by atoms with Crippen LogP contribution in [-0.4, -0.2) is 45.4 Å². The fourth-order valence-corrected chi connectivity index (χ4v) is 2.83. The van der Waals surface area contributed by atoms with E-state index in [9.17, 15) is 14.7 Å². The van der Waals surface area contributed by atoms with Crippen molar-refractivity contribution >= 4 is 11.6 Å². The number of hydrogen-bond donors (Lipinski definition) is 2. The lowest BCUT2D eigenvalue weighted by molar-refractivity contribution is -0.200. The molecule has 0 aliphatic carbocycles. The Morgan fingerprint density at radius 2 is 2.05 bits per heavy atom. The number of aromatic nitrogens is 2. The molecule has 0 saturated carbocycles. The van der Waals surface area contributed by atoms with Crippen molar-refractivity contribution < 1.29 is 19.3 Å². The highest BCUT2D eigenvalue weighted by Crippen LogP contribution is 2.42. The van der Waals surface area contributed by atoms with Gasteiger partial charge in [-0.1, -0.05) is 11.6 Å². The number of halogens is 1. The number of nitrogens with one attached hydrogen (secondary N) is 1. The van der Waals surface area contributed by atoms with Gasteiger partial charge in [-0.15, -0.1) is 0 Å². The minimum atomic E-state index is -0.847. The van der Waals surface area contributed by atoms with E-state index in [1.165, 1.54) is 6.20 Å². The standard InChI is InChI=1S/C12H15ClN2O6/c1-12(2)20-7-6(4-16)19-10(8(7)21-12)15-3-5(13)9(17)14-11(15)18/h3,6-8,10,16H,4H2,1-2H3,(H,14,17,18)/t6-,7+,8+,10+/m0/s1. The predicted molar refractivity (Wildman–Crippen MR) is 71.2 cm³/mol. The second-order valence-corrected chi connectivity index (χ2v) is 5.86. The fourth-order valence-electron chi connectivity index (χ4n) is 2.68. The molecule has 0 bridgehead atoms. The highest BCUT2D eigenvalue weighted by atomic mass is 35.5. The smallest absolute Gasteiger partial charge is 0.330 e. The van der Waals surface area contributed by atoms with Gasteiger partial charge < -0.3 is 19.3 Å². The van der Waals surface area contributed by atoms with E-state index in [1.54, 1.807) is 13.8 Å². The molecule has 1 aromatic heterocycles. The summed E-state index contributed by atoms with van der Waals surface area (Å²) in [5.41, 5.74) is -1.34. The van der Waals surface area contributed by atoms with Crippen molar-refractivity contribution in [1.82, 2.24) is 9.55 Å². The maximum atomic E-state index is 11.9. The van der Waals surface area contributed by atoms with Crippen LogP contribution in [0.1, 0.15) is 20.1 Å². The maximum Gasteiger partial charge on any atom is 0.330 e. The van der Waals surface area contributed by atoms with Gasteiger partial charge in [0.15, 0.2) is 12.0 Å². The van der Waals surface area contributed by atoms with Gasteiger partial charge >= 0.3 is 5.69 Å². The Morgan fingerprint density at radius 1 is 1.38 bits per heavy atom. The monoisotopic (exact) mass is 318 g/mol. The van der Waals surface area contributed by atoms with E-state index < -0.39 is 41.6 Å². The van der Waals surface area contributed by atoms with E-state index in [0.29, 0.717) is 0 Å². The largest absolute Gasteiger partial charge is 0.394 e. The third-order valence-corrected chi connectivity index (χ3v) is 3.77. The van der Waals surface area contributed by atoms with Crippen molar-refractivity contribution in [3.05, 3.63) is 32.1 Å². The first-order valence-corrected chi connectivity index (χ1v) is 6.83. The van der Waals surface area contributed by atoms with Crippen molar-refractivity contribution in [3.63, 3.8) is 0 Å². The third kappa shape index (κ3) is 2.43. The van der Waals surface area contributed by atoms with Crippen molar-refractivity contribution in [3.8, 4) is 0 Å². The molecule has 2 aliphatic heterocycles. The Labute approximate surface area is 124 Å². The van der Waals surface area contributed by atoms with E-state index >= 15 is 0 Å². The van der Waals surface area contributed by atoms with Gasteiger partial charge in [-0.2, -0.15) is 0 Å². The molecule has 116 valence electrons. The summed E-state index contributed by atoms with van der Waals surface area (Å²) in [5.74, 6) is -0.847. The van der Waals surface area contributed by atoms with Gasteiger partial charge in [0.2, 0.25) is 0 Å². The number of aliphatic hydroxyl groups excluding tert-OH is 1. The summed E-state index contributed by atoms with van der Waals surface area (Å²) in [4.78, 5) is 25.4. The SMILES string of the molecule is CC1(C)O[C@@H]2[C@H](O1)[C@H](CO)O[C@H]2n1cc(Cl)c(=O)[nH]c1=O. The van der Waals surface area contributed by atoms with Crippen LogP contribution in [0.25, 0.3) is 0 Å². The van der Waals surface area contributed by atoms with E-state index in [-0.39, 0.29) is 11.6 Å². The normalized spacial score (nSPS) is 34.1. The first-order valence-electron chi connectivity index (χ1n) is 6.45. The molecule has 2 N–H and O–H groups in total. The minimum absolute atomic E-state index is 0.139. The molecule has 0 aromatic carbocycles. The van der Waals surface area contributed by atoms with E-state index in [4.69, 9.17) is 25.8 Å². The van der Waals surface area contributed by atoms with Gasteiger partial charge in [-0.3, -0.25) is 14.3 Å². The number of ether oxygens (including phenoxy) is 3. The molecule has 0 unspecified atom stereocenters. The van der Waals surface area contributed by atoms with Crippen molar-refractivity contribution in [2.45, 2.75) is 44.2 Å². The van der Waals surface area contributed by atoms with Gasteiger partial charge in [0.25, 0.3) is 5.56 Å². The molecule has 9 heteroatoms. The van der Waals surface area contributed by atoms with Gasteiger partial charge in [-0.25, -0.2) is 4.79 Å². The molecule has 3 rings (SSSR count). The molecule has 8 nitrogen and oxygen atoms in total. The van der Waals surface area contributed by atoms with E-state index in [0.717, 1.165) is 4.57 Å². The lowest BCUT2D eigenvalue weighted by Gasteiger charge is -2.24. The van der Waals surface area contributed by atoms with Gasteiger partial charge in [0.05, 0.1) is 6.61 Å². The third-order valence-electron chi connectivity index (χ3n) is 3.50. The fraction of sp³-hybridized carbons (Fsp3) is 0.667. The van der Waals surface area contributed by atoms with Crippen LogP contribution in [0, 0.1) is 0 Å². The quantitative estimate of drug-likeness (QED) is 0.769. The zero-order chi connectivity index (χ0) is 15.4. The summed E-state index contributed by atoms with van der Waals surface area (Å²) >= 11 is 5.75. The molecule has 1 aromatic rings. The first-order chi connectivity index (χ1) is 9.82. The lowest BCUT2D eigenvalue weighted by Crippen LogP contribution is -2.37. The van der Waals surface area contributed by atoms with Crippen LogP contribution in [0.3, 0.4) is 0 Å². The van der Waals surface area contributed by atoms with Gasteiger partial charge in [-0.05, 0) is 13.8 Å². The minimum Gasteiger partial charge on any atom is -0.394 e. The molecule has 2 fully saturated rings. The Kier molecular flexibility index (Phi) is 3.45. The Bertz CT molecular complexity index is 668. The maximum absolute atomic E-state index is 11.9. The number of aliphatic hydroxyl groups is 1. The Balaban J connectivity index is 2.01. The number of nitrogens with zero attached hydrogens (tertiary/aromatic N) is 1. The number of fused-ring (bicyclic) bond motifs is 1. The van der Waals surface area contributed by atoms with Crippen LogP contribution in [0.4, 0.5) is 0 Å². The Morgan fingerprint density at radius 3 is 2.71 bits per heavy atom. The number of aromatic amines is 1. The lowest BCUT2D eigenvalue weighted by atomic mass is 10.1. The second kappa shape index (κ2) is 4.92. The number of rotatable bonds is 2. The average Bonchev–Trinajstić information content (AvgIpc) is 2.87. The molecule has 2 aliphatic rings. The molecule has 0 spiro atoms. The molecule has 2 saturated heterocycles. The highest BCUT2D eigenvalue weighted by Gasteiger charge is 2.55. The zero-order valence-electron chi connectivity index (χ0n) is 11.4. The summed E-state index contributed by atoms with van der Waals surface area (Å²) in [7, 11) is 0. The van der Waals surface area contributed by atoms with Crippen LogP contribution in [0.2, 0.25) is 5.02 Å². The van der Waals surface area contributed by atoms with Gasteiger partial charge in [0, 0.05) is 6.20 Å². The Hall–Kier alpha value is -1.19. The zero-order valence-corrected chi connectivity index (χ0v) is 12.2. The van der Waals surface area contributed by atoms with Crippen LogP contribution < -0.4 is 11.2 Å². The summed E-state index contributed by atoms with van der Waals surface area (Å²) < 4.78 is 18.2. The molecule has 3 heterocycles. The summed E-state index contributed by atoms with van der Waals surface area (Å²) in [6.45, 7) is 3.20. The van der Waals surface area contributed by atoms with E-state index in [1.807, 2.05) is 0 Å². The van der Waals surface area contributed by atoms with Crippen LogP contribution in [0.5, 0.6) is 0 Å². The topological polar surface area (TPSA) is 103 Å². The molecule has 21 heavy (non-hydrogen) atoms. The number of H-pyrrole nitrogens is 1. The summed E-state index contributed by atoms with van der Waals surface area (Å²) in [6, 6.07) is 0. The van der Waals surface area contributed by atoms with Crippen molar-refractivity contribution in [2.24, 2.45) is 0 Å². The molecular formula is C12H15ClN2O6. The predicted octanol–water partition coefficient (Wildman–Crippen LogP) is -0.400. The van der Waals surface area contributed by atoms with Crippen molar-refractivity contribution in [1.29, 1.82) is 0 Å². The number of hydrogen-bond acceptors (Lipinski definition) is 6.